The normalized spacial score (nSPS) is 26.0. The first-order chi connectivity index (χ1) is 20.6. The Morgan fingerprint density at radius 2 is 2.02 bits per heavy atom. The molecule has 3 atom stereocenters. The molecule has 0 unspecified atom stereocenters. The number of halogens is 2. The van der Waals surface area contributed by atoms with Crippen molar-refractivity contribution in [1.82, 2.24) is 30.0 Å². The molecule has 3 saturated heterocycles. The van der Waals surface area contributed by atoms with Crippen LogP contribution in [-0.4, -0.2) is 85.3 Å². The van der Waals surface area contributed by atoms with Crippen molar-refractivity contribution in [1.29, 1.82) is 0 Å². The van der Waals surface area contributed by atoms with E-state index in [2.05, 4.69) is 31.6 Å². The van der Waals surface area contributed by atoms with Gasteiger partial charge in [-0.3, -0.25) is 15.0 Å². The van der Waals surface area contributed by atoms with Gasteiger partial charge in [0.1, 0.15) is 29.8 Å². The second-order valence-electron chi connectivity index (χ2n) is 13.0. The number of β-amino-alcohol motifs (C(OH)–C–C–N with tert-alkyl or cyclic N) is 1. The number of nitrogens with zero attached hydrogens (tertiary/aromatic N) is 6. The highest BCUT2D eigenvalue weighted by Gasteiger charge is 2.49. The van der Waals surface area contributed by atoms with E-state index in [4.69, 9.17) is 9.72 Å². The van der Waals surface area contributed by atoms with Gasteiger partial charge < -0.3 is 14.7 Å². The number of fused-ring (bicyclic) bond motifs is 3. The van der Waals surface area contributed by atoms with E-state index in [-0.39, 0.29) is 23.8 Å². The average Bonchev–Trinajstić information content (AvgIpc) is 3.64. The largest absolute Gasteiger partial charge is 0.461 e. The minimum atomic E-state index is -0.920. The summed E-state index contributed by atoms with van der Waals surface area (Å²) in [5, 5.41) is 19.3. The van der Waals surface area contributed by atoms with Crippen molar-refractivity contribution in [3.05, 3.63) is 42.0 Å². The number of alkyl halides is 1. The molecule has 0 amide bonds. The van der Waals surface area contributed by atoms with Crippen molar-refractivity contribution in [2.45, 2.75) is 70.2 Å². The van der Waals surface area contributed by atoms with Crippen LogP contribution in [0.25, 0.3) is 38.6 Å². The number of nitrogens with one attached hydrogen (secondary N) is 1. The third-order valence-electron chi connectivity index (χ3n) is 9.46. The zero-order valence-electron chi connectivity index (χ0n) is 24.9. The molecule has 3 aliphatic heterocycles. The summed E-state index contributed by atoms with van der Waals surface area (Å²) in [6.45, 7) is 12.2. The van der Waals surface area contributed by atoms with E-state index in [1.807, 2.05) is 24.8 Å². The number of anilines is 1. The maximum atomic E-state index is 16.9. The van der Waals surface area contributed by atoms with Crippen molar-refractivity contribution in [3.63, 3.8) is 0 Å². The molecular weight excluding hydrogens is 552 g/mol. The fourth-order valence-electron chi connectivity index (χ4n) is 7.57. The molecule has 4 aromatic rings. The van der Waals surface area contributed by atoms with E-state index < -0.39 is 23.1 Å². The van der Waals surface area contributed by atoms with Crippen LogP contribution in [0, 0.1) is 12.7 Å². The summed E-state index contributed by atoms with van der Waals surface area (Å²) in [4.78, 5) is 18.1. The summed E-state index contributed by atoms with van der Waals surface area (Å²) >= 11 is 0. The average molecular weight is 590 g/mol. The van der Waals surface area contributed by atoms with Crippen molar-refractivity contribution >= 4 is 33.2 Å². The van der Waals surface area contributed by atoms with E-state index >= 15 is 4.39 Å². The van der Waals surface area contributed by atoms with Crippen LogP contribution in [0.15, 0.2) is 25.0 Å². The van der Waals surface area contributed by atoms with Gasteiger partial charge in [0.05, 0.1) is 28.2 Å². The number of benzene rings is 1. The van der Waals surface area contributed by atoms with Gasteiger partial charge in [0, 0.05) is 43.2 Å². The Morgan fingerprint density at radius 1 is 1.21 bits per heavy atom. The predicted molar refractivity (Wildman–Crippen MR) is 162 cm³/mol. The lowest BCUT2D eigenvalue weighted by Gasteiger charge is -2.38. The molecule has 0 radical (unpaired) electrons. The van der Waals surface area contributed by atoms with Crippen LogP contribution in [0.4, 0.5) is 14.6 Å². The molecule has 6 heterocycles. The lowest BCUT2D eigenvalue weighted by Crippen LogP contribution is -2.46. The second kappa shape index (κ2) is 10.2. The van der Waals surface area contributed by atoms with Crippen molar-refractivity contribution in [3.8, 4) is 17.3 Å². The van der Waals surface area contributed by atoms with Gasteiger partial charge in [0.25, 0.3) is 0 Å². The first kappa shape index (κ1) is 28.1. The molecule has 3 aliphatic rings. The lowest BCUT2D eigenvalue weighted by molar-refractivity contribution is 0.0447. The molecule has 1 aromatic carbocycles. The number of hydrogen-bond acceptors (Lipinski definition) is 8. The zero-order valence-corrected chi connectivity index (χ0v) is 24.9. The summed E-state index contributed by atoms with van der Waals surface area (Å²) in [6, 6.07) is 2.00. The van der Waals surface area contributed by atoms with Gasteiger partial charge in [0.15, 0.2) is 5.82 Å². The fourth-order valence-corrected chi connectivity index (χ4v) is 7.57. The van der Waals surface area contributed by atoms with Gasteiger partial charge in [-0.05, 0) is 70.2 Å². The van der Waals surface area contributed by atoms with Gasteiger partial charge in [-0.15, -0.1) is 0 Å². The summed E-state index contributed by atoms with van der Waals surface area (Å²) < 4.78 is 37.5. The molecule has 11 heteroatoms. The SMILES string of the molecule is C=C(C)c1c(C)cc2[nH]ncc2c1-c1ncc2c(N3CCC[C@@](C)(O)C3)nc(OC[C@@]34CCCN3C[C@H](F)C4)nc2c1F. The minimum absolute atomic E-state index is 0.0325. The van der Waals surface area contributed by atoms with E-state index in [1.54, 1.807) is 19.3 Å². The number of ether oxygens (including phenoxy) is 1. The van der Waals surface area contributed by atoms with Crippen LogP contribution in [0.2, 0.25) is 0 Å². The quantitative estimate of drug-likeness (QED) is 0.310. The van der Waals surface area contributed by atoms with Crippen LogP contribution in [-0.2, 0) is 0 Å². The number of aryl methyl sites for hydroxylation is 1. The van der Waals surface area contributed by atoms with Crippen molar-refractivity contribution < 1.29 is 18.6 Å². The summed E-state index contributed by atoms with van der Waals surface area (Å²) in [6.07, 6.45) is 6.02. The Bertz CT molecular complexity index is 1760. The highest BCUT2D eigenvalue weighted by molar-refractivity contribution is 6.02. The summed E-state index contributed by atoms with van der Waals surface area (Å²) in [7, 11) is 0. The smallest absolute Gasteiger partial charge is 0.319 e. The Hall–Kier alpha value is -3.70. The maximum absolute atomic E-state index is 16.9. The highest BCUT2D eigenvalue weighted by Crippen LogP contribution is 2.42. The van der Waals surface area contributed by atoms with Gasteiger partial charge in [-0.1, -0.05) is 12.2 Å². The van der Waals surface area contributed by atoms with Crippen molar-refractivity contribution in [2.75, 3.05) is 37.7 Å². The number of aromatic amines is 1. The summed E-state index contributed by atoms with van der Waals surface area (Å²) in [5.41, 5.74) is 2.77. The fraction of sp³-hybridized carbons (Fsp3) is 0.500. The van der Waals surface area contributed by atoms with E-state index in [0.29, 0.717) is 49.2 Å². The molecule has 226 valence electrons. The molecule has 0 aliphatic carbocycles. The molecule has 2 N–H and O–H groups in total. The van der Waals surface area contributed by atoms with Gasteiger partial charge in [0.2, 0.25) is 0 Å². The van der Waals surface area contributed by atoms with Gasteiger partial charge in [-0.25, -0.2) is 8.78 Å². The standard InChI is InChI=1S/C32H37F2N7O2/c1-18(2)24-19(3)11-23-21(14-36-39-23)25(24)28-26(34)27-22(13-35-28)29(40-9-5-7-31(4,42)16-40)38-30(37-27)43-17-32-8-6-10-41(32)15-20(33)12-32/h11,13-14,20,42H,1,5-10,12,15-17H2,2-4H3,(H,36,39)/t20-,31-,32+/m1/s1. The number of allylic oxidation sites excluding steroid dienone is 1. The van der Waals surface area contributed by atoms with E-state index in [1.165, 1.54) is 0 Å². The van der Waals surface area contributed by atoms with Crippen LogP contribution in [0.3, 0.4) is 0 Å². The molecule has 0 bridgehead atoms. The Morgan fingerprint density at radius 3 is 2.81 bits per heavy atom. The number of hydrogen-bond donors (Lipinski definition) is 2. The molecule has 3 aromatic heterocycles. The number of piperidine rings is 1. The Labute approximate surface area is 249 Å². The van der Waals surface area contributed by atoms with Gasteiger partial charge >= 0.3 is 6.01 Å². The molecule has 9 nitrogen and oxygen atoms in total. The predicted octanol–water partition coefficient (Wildman–Crippen LogP) is 5.36. The zero-order chi connectivity index (χ0) is 30.1. The van der Waals surface area contributed by atoms with Crippen LogP contribution >= 0.6 is 0 Å². The molecule has 0 spiro atoms. The Balaban J connectivity index is 1.39. The molecule has 0 saturated carbocycles. The number of pyridine rings is 1. The number of H-pyrrole nitrogens is 1. The van der Waals surface area contributed by atoms with Crippen molar-refractivity contribution in [2.24, 2.45) is 0 Å². The van der Waals surface area contributed by atoms with E-state index in [9.17, 15) is 9.50 Å². The third-order valence-corrected chi connectivity index (χ3v) is 9.46. The first-order valence-corrected chi connectivity index (χ1v) is 15.0. The lowest BCUT2D eigenvalue weighted by atomic mass is 9.91. The topological polar surface area (TPSA) is 103 Å². The molecule has 43 heavy (non-hydrogen) atoms. The number of aromatic nitrogens is 5. The maximum Gasteiger partial charge on any atom is 0.319 e. The summed E-state index contributed by atoms with van der Waals surface area (Å²) in [5.74, 6) is -0.137. The number of rotatable bonds is 6. The second-order valence-corrected chi connectivity index (χ2v) is 13.0. The number of aliphatic hydroxyl groups is 1. The highest BCUT2D eigenvalue weighted by atomic mass is 19.1. The monoisotopic (exact) mass is 589 g/mol. The first-order valence-electron chi connectivity index (χ1n) is 15.0. The molecule has 7 rings (SSSR count). The van der Waals surface area contributed by atoms with Crippen LogP contribution < -0.4 is 9.64 Å². The Kier molecular flexibility index (Phi) is 6.66. The van der Waals surface area contributed by atoms with Crippen LogP contribution in [0.1, 0.15) is 57.1 Å². The molecular formula is C32H37F2N7O2. The molecule has 3 fully saturated rings. The minimum Gasteiger partial charge on any atom is -0.461 e. The third kappa shape index (κ3) is 4.73. The van der Waals surface area contributed by atoms with Gasteiger partial charge in [-0.2, -0.15) is 15.1 Å². The van der Waals surface area contributed by atoms with Crippen LogP contribution in [0.5, 0.6) is 6.01 Å². The van der Waals surface area contributed by atoms with E-state index in [0.717, 1.165) is 53.4 Å².